The van der Waals surface area contributed by atoms with E-state index in [4.69, 9.17) is 11.6 Å². The van der Waals surface area contributed by atoms with Crippen LogP contribution in [0.4, 0.5) is 13.2 Å². The zero-order valence-electron chi connectivity index (χ0n) is 13.2. The van der Waals surface area contributed by atoms with Crippen LogP contribution in [0, 0.1) is 0 Å². The SMILES string of the molecule is CN(C(=O)c1ccc(-c2ccnc(Cl)c2)cn1)C(C)(C)C(F)(F)F. The van der Waals surface area contributed by atoms with E-state index in [9.17, 15) is 18.0 Å². The van der Waals surface area contributed by atoms with Crippen molar-refractivity contribution in [2.45, 2.75) is 25.6 Å². The van der Waals surface area contributed by atoms with Gasteiger partial charge in [-0.3, -0.25) is 9.78 Å². The van der Waals surface area contributed by atoms with Gasteiger partial charge in [0.1, 0.15) is 16.4 Å². The van der Waals surface area contributed by atoms with E-state index >= 15 is 0 Å². The Morgan fingerprint density at radius 2 is 1.79 bits per heavy atom. The number of hydrogen-bond acceptors (Lipinski definition) is 3. The van der Waals surface area contributed by atoms with Crippen LogP contribution in [-0.2, 0) is 0 Å². The number of amides is 1. The van der Waals surface area contributed by atoms with Crippen molar-refractivity contribution in [3.05, 3.63) is 47.5 Å². The number of halogens is 4. The molecule has 0 unspecified atom stereocenters. The van der Waals surface area contributed by atoms with Gasteiger partial charge in [0.05, 0.1) is 0 Å². The van der Waals surface area contributed by atoms with Crippen LogP contribution in [-0.4, -0.2) is 39.5 Å². The van der Waals surface area contributed by atoms with Crippen molar-refractivity contribution in [3.8, 4) is 11.1 Å². The Bertz CT molecular complexity index is 745. The summed E-state index contributed by atoms with van der Waals surface area (Å²) in [5.74, 6) is -0.809. The minimum atomic E-state index is -4.55. The van der Waals surface area contributed by atoms with E-state index in [1.807, 2.05) is 0 Å². The largest absolute Gasteiger partial charge is 0.411 e. The van der Waals surface area contributed by atoms with E-state index in [0.29, 0.717) is 15.6 Å². The van der Waals surface area contributed by atoms with E-state index in [0.717, 1.165) is 26.5 Å². The fraction of sp³-hybridized carbons (Fsp3) is 0.312. The molecule has 0 fully saturated rings. The molecule has 0 spiro atoms. The number of alkyl halides is 3. The number of hydrogen-bond donors (Lipinski definition) is 0. The summed E-state index contributed by atoms with van der Waals surface area (Å²) >= 11 is 5.81. The van der Waals surface area contributed by atoms with Gasteiger partial charge in [-0.05, 0) is 37.6 Å². The highest BCUT2D eigenvalue weighted by Gasteiger charge is 2.52. The third kappa shape index (κ3) is 3.51. The predicted octanol–water partition coefficient (Wildman–Crippen LogP) is 4.21. The zero-order valence-corrected chi connectivity index (χ0v) is 14.0. The van der Waals surface area contributed by atoms with Gasteiger partial charge in [-0.25, -0.2) is 4.98 Å². The third-order valence-electron chi connectivity index (χ3n) is 3.88. The van der Waals surface area contributed by atoms with Crippen LogP contribution in [0.2, 0.25) is 5.15 Å². The molecule has 2 rings (SSSR count). The zero-order chi connectivity index (χ0) is 18.1. The Labute approximate surface area is 142 Å². The van der Waals surface area contributed by atoms with Gasteiger partial charge in [0, 0.05) is 25.0 Å². The molecular formula is C16H15ClF3N3O. The van der Waals surface area contributed by atoms with Crippen molar-refractivity contribution in [3.63, 3.8) is 0 Å². The van der Waals surface area contributed by atoms with Crippen molar-refractivity contribution in [1.82, 2.24) is 14.9 Å². The van der Waals surface area contributed by atoms with Crippen molar-refractivity contribution in [1.29, 1.82) is 0 Å². The normalized spacial score (nSPS) is 12.1. The predicted molar refractivity (Wildman–Crippen MR) is 84.7 cm³/mol. The van der Waals surface area contributed by atoms with E-state index < -0.39 is 17.6 Å². The molecule has 0 saturated heterocycles. The van der Waals surface area contributed by atoms with Crippen LogP contribution in [0.5, 0.6) is 0 Å². The highest BCUT2D eigenvalue weighted by Crippen LogP contribution is 2.34. The number of nitrogens with zero attached hydrogens (tertiary/aromatic N) is 3. The molecule has 1 amide bonds. The van der Waals surface area contributed by atoms with Crippen LogP contribution >= 0.6 is 11.6 Å². The Balaban J connectivity index is 2.26. The van der Waals surface area contributed by atoms with Crippen molar-refractivity contribution in [2.75, 3.05) is 7.05 Å². The lowest BCUT2D eigenvalue weighted by Crippen LogP contribution is -2.55. The number of aromatic nitrogens is 2. The minimum Gasteiger partial charge on any atom is -0.326 e. The summed E-state index contributed by atoms with van der Waals surface area (Å²) in [6.45, 7) is 1.89. The summed E-state index contributed by atoms with van der Waals surface area (Å²) in [7, 11) is 1.11. The van der Waals surface area contributed by atoms with Gasteiger partial charge in [0.15, 0.2) is 0 Å². The van der Waals surface area contributed by atoms with Gasteiger partial charge in [-0.2, -0.15) is 13.2 Å². The second kappa shape index (κ2) is 6.39. The van der Waals surface area contributed by atoms with Crippen LogP contribution in [0.25, 0.3) is 11.1 Å². The third-order valence-corrected chi connectivity index (χ3v) is 4.09. The van der Waals surface area contributed by atoms with Crippen LogP contribution in [0.15, 0.2) is 36.7 Å². The second-order valence-electron chi connectivity index (χ2n) is 5.72. The van der Waals surface area contributed by atoms with Crippen LogP contribution < -0.4 is 0 Å². The first-order valence-corrected chi connectivity index (χ1v) is 7.34. The molecule has 8 heteroatoms. The number of rotatable bonds is 3. The van der Waals surface area contributed by atoms with E-state index in [-0.39, 0.29) is 5.69 Å². The summed E-state index contributed by atoms with van der Waals surface area (Å²) < 4.78 is 39.2. The molecule has 0 radical (unpaired) electrons. The van der Waals surface area contributed by atoms with Gasteiger partial charge < -0.3 is 4.90 Å². The fourth-order valence-electron chi connectivity index (χ4n) is 1.89. The van der Waals surface area contributed by atoms with Gasteiger partial charge >= 0.3 is 6.18 Å². The maximum Gasteiger partial charge on any atom is 0.411 e. The van der Waals surface area contributed by atoms with Gasteiger partial charge in [0.2, 0.25) is 0 Å². The average molecular weight is 358 g/mol. The molecule has 2 aromatic rings. The molecule has 0 aromatic carbocycles. The van der Waals surface area contributed by atoms with Crippen LogP contribution in [0.1, 0.15) is 24.3 Å². The van der Waals surface area contributed by atoms with Crippen molar-refractivity contribution in [2.24, 2.45) is 0 Å². The standard InChI is InChI=1S/C16H15ClF3N3O/c1-15(2,16(18,19)20)23(3)14(24)12-5-4-11(9-22-12)10-6-7-21-13(17)8-10/h4-9H,1-3H3. The number of pyridine rings is 2. The maximum absolute atomic E-state index is 13.1. The summed E-state index contributed by atoms with van der Waals surface area (Å²) in [6, 6.07) is 6.32. The van der Waals surface area contributed by atoms with Gasteiger partial charge in [-0.1, -0.05) is 17.7 Å². The lowest BCUT2D eigenvalue weighted by Gasteiger charge is -2.36. The molecule has 0 aliphatic carbocycles. The molecular weight excluding hydrogens is 343 g/mol. The minimum absolute atomic E-state index is 0.0706. The molecule has 0 atom stereocenters. The maximum atomic E-state index is 13.1. The quantitative estimate of drug-likeness (QED) is 0.773. The summed E-state index contributed by atoms with van der Waals surface area (Å²) in [5, 5.41) is 0.305. The molecule has 0 saturated carbocycles. The van der Waals surface area contributed by atoms with E-state index in [1.165, 1.54) is 18.5 Å². The lowest BCUT2D eigenvalue weighted by molar-refractivity contribution is -0.208. The Kier molecular flexibility index (Phi) is 4.85. The molecule has 0 aliphatic heterocycles. The molecule has 0 N–H and O–H groups in total. The van der Waals surface area contributed by atoms with Crippen molar-refractivity contribution < 1.29 is 18.0 Å². The van der Waals surface area contributed by atoms with E-state index in [2.05, 4.69) is 9.97 Å². The smallest absolute Gasteiger partial charge is 0.326 e. The van der Waals surface area contributed by atoms with Crippen molar-refractivity contribution >= 4 is 17.5 Å². The molecule has 0 aliphatic rings. The first-order chi connectivity index (χ1) is 11.0. The fourth-order valence-corrected chi connectivity index (χ4v) is 2.06. The lowest BCUT2D eigenvalue weighted by atomic mass is 10.0. The molecule has 4 nitrogen and oxygen atoms in total. The molecule has 2 aromatic heterocycles. The van der Waals surface area contributed by atoms with E-state index in [1.54, 1.807) is 18.2 Å². The second-order valence-corrected chi connectivity index (χ2v) is 6.11. The highest BCUT2D eigenvalue weighted by atomic mass is 35.5. The molecule has 24 heavy (non-hydrogen) atoms. The first-order valence-electron chi connectivity index (χ1n) is 6.97. The molecule has 128 valence electrons. The Morgan fingerprint density at radius 3 is 2.29 bits per heavy atom. The molecule has 0 bridgehead atoms. The van der Waals surface area contributed by atoms with Gasteiger partial charge in [-0.15, -0.1) is 0 Å². The number of carbonyl (C=O) groups excluding carboxylic acids is 1. The summed E-state index contributed by atoms with van der Waals surface area (Å²) in [5.41, 5.74) is -0.957. The molecule has 2 heterocycles. The topological polar surface area (TPSA) is 46.1 Å². The summed E-state index contributed by atoms with van der Waals surface area (Å²) in [6.07, 6.45) is -1.62. The monoisotopic (exact) mass is 357 g/mol. The van der Waals surface area contributed by atoms with Crippen LogP contribution in [0.3, 0.4) is 0 Å². The summed E-state index contributed by atoms with van der Waals surface area (Å²) in [4.78, 5) is 20.8. The van der Waals surface area contributed by atoms with Gasteiger partial charge in [0.25, 0.3) is 5.91 Å². The Hall–Kier alpha value is -2.15. The average Bonchev–Trinajstić information content (AvgIpc) is 2.52. The first kappa shape index (κ1) is 18.2. The highest BCUT2D eigenvalue weighted by molar-refractivity contribution is 6.29. The Morgan fingerprint density at radius 1 is 1.12 bits per heavy atom. The number of carbonyl (C=O) groups is 1.